The van der Waals surface area contributed by atoms with Gasteiger partial charge in [0.05, 0.1) is 18.8 Å². The minimum atomic E-state index is -0.00893. The van der Waals surface area contributed by atoms with E-state index in [2.05, 4.69) is 0 Å². The molecule has 1 aromatic carbocycles. The van der Waals surface area contributed by atoms with E-state index in [0.29, 0.717) is 24.5 Å². The molecule has 0 aliphatic carbocycles. The van der Waals surface area contributed by atoms with Crippen LogP contribution in [0, 0.1) is 5.92 Å². The summed E-state index contributed by atoms with van der Waals surface area (Å²) in [7, 11) is 0. The molecule has 1 saturated heterocycles. The van der Waals surface area contributed by atoms with Crippen LogP contribution in [0.1, 0.15) is 30.1 Å². The lowest BCUT2D eigenvalue weighted by atomic mass is 9.92. The number of hydrogen-bond donors (Lipinski definition) is 0. The first kappa shape index (κ1) is 12.1. The highest BCUT2D eigenvalue weighted by Gasteiger charge is 2.25. The molecule has 0 saturated carbocycles. The first-order valence-corrected chi connectivity index (χ1v) is 6.16. The molecule has 0 spiro atoms. The van der Waals surface area contributed by atoms with E-state index >= 15 is 0 Å². The fourth-order valence-electron chi connectivity index (χ4n) is 2.12. The van der Waals surface area contributed by atoms with Crippen molar-refractivity contribution in [3.05, 3.63) is 29.8 Å². The van der Waals surface area contributed by atoms with E-state index in [9.17, 15) is 4.79 Å². The number of carbonyl (C=O) groups excluding carboxylic acids is 1. The molecule has 1 atom stereocenters. The van der Waals surface area contributed by atoms with Crippen LogP contribution in [0.25, 0.3) is 0 Å². The van der Waals surface area contributed by atoms with Crippen LogP contribution >= 0.6 is 0 Å². The molecule has 17 heavy (non-hydrogen) atoms. The van der Waals surface area contributed by atoms with Gasteiger partial charge < -0.3 is 9.47 Å². The minimum absolute atomic E-state index is 0.00893. The smallest absolute Gasteiger partial charge is 0.171 e. The van der Waals surface area contributed by atoms with Crippen LogP contribution in [-0.4, -0.2) is 25.6 Å². The summed E-state index contributed by atoms with van der Waals surface area (Å²) >= 11 is 0. The van der Waals surface area contributed by atoms with E-state index in [1.165, 1.54) is 0 Å². The third-order valence-electron chi connectivity index (χ3n) is 2.98. The third-order valence-corrected chi connectivity index (χ3v) is 2.98. The zero-order valence-electron chi connectivity index (χ0n) is 10.1. The summed E-state index contributed by atoms with van der Waals surface area (Å²) in [4.78, 5) is 12.3. The average Bonchev–Trinajstić information content (AvgIpc) is 2.40. The molecular weight excluding hydrogens is 216 g/mol. The van der Waals surface area contributed by atoms with Crippen molar-refractivity contribution in [3.8, 4) is 5.75 Å². The van der Waals surface area contributed by atoms with Crippen LogP contribution in [0.3, 0.4) is 0 Å². The Morgan fingerprint density at radius 1 is 1.47 bits per heavy atom. The van der Waals surface area contributed by atoms with Crippen molar-refractivity contribution in [2.24, 2.45) is 5.92 Å². The van der Waals surface area contributed by atoms with Gasteiger partial charge in [0.1, 0.15) is 5.75 Å². The van der Waals surface area contributed by atoms with Gasteiger partial charge in [-0.2, -0.15) is 0 Å². The Kier molecular flexibility index (Phi) is 4.15. The predicted molar refractivity (Wildman–Crippen MR) is 65.5 cm³/mol. The maximum Gasteiger partial charge on any atom is 0.171 e. The molecule has 1 aliphatic heterocycles. The van der Waals surface area contributed by atoms with Gasteiger partial charge in [-0.05, 0) is 31.9 Å². The van der Waals surface area contributed by atoms with Crippen molar-refractivity contribution >= 4 is 5.78 Å². The van der Waals surface area contributed by atoms with Crippen molar-refractivity contribution in [2.45, 2.75) is 19.8 Å². The van der Waals surface area contributed by atoms with Crippen molar-refractivity contribution in [3.63, 3.8) is 0 Å². The maximum atomic E-state index is 12.3. The molecule has 0 amide bonds. The van der Waals surface area contributed by atoms with Crippen LogP contribution in [0.2, 0.25) is 0 Å². The molecule has 92 valence electrons. The first-order chi connectivity index (χ1) is 8.33. The highest BCUT2D eigenvalue weighted by molar-refractivity contribution is 6.00. The van der Waals surface area contributed by atoms with Gasteiger partial charge in [0, 0.05) is 12.5 Å². The molecule has 1 unspecified atom stereocenters. The summed E-state index contributed by atoms with van der Waals surface area (Å²) in [6.45, 7) is 3.81. The van der Waals surface area contributed by atoms with Crippen LogP contribution in [0.15, 0.2) is 24.3 Å². The molecule has 0 radical (unpaired) electrons. The van der Waals surface area contributed by atoms with Crippen molar-refractivity contribution in [1.29, 1.82) is 0 Å². The summed E-state index contributed by atoms with van der Waals surface area (Å²) in [5, 5.41) is 0. The monoisotopic (exact) mass is 234 g/mol. The van der Waals surface area contributed by atoms with Gasteiger partial charge in [-0.1, -0.05) is 12.1 Å². The number of Topliss-reactive ketones (excluding diaryl/α,β-unsaturated/α-hetero) is 1. The molecule has 0 aromatic heterocycles. The van der Waals surface area contributed by atoms with E-state index in [0.717, 1.165) is 19.4 Å². The largest absolute Gasteiger partial charge is 0.493 e. The fourth-order valence-corrected chi connectivity index (χ4v) is 2.12. The molecular formula is C14H18O3. The molecule has 3 nitrogen and oxygen atoms in total. The third kappa shape index (κ3) is 2.86. The Morgan fingerprint density at radius 3 is 3.00 bits per heavy atom. The van der Waals surface area contributed by atoms with Crippen molar-refractivity contribution < 1.29 is 14.3 Å². The Labute approximate surface area is 102 Å². The molecule has 1 heterocycles. The van der Waals surface area contributed by atoms with E-state index in [1.807, 2.05) is 31.2 Å². The van der Waals surface area contributed by atoms with Gasteiger partial charge in [0.25, 0.3) is 0 Å². The van der Waals surface area contributed by atoms with E-state index in [4.69, 9.17) is 9.47 Å². The maximum absolute atomic E-state index is 12.3. The van der Waals surface area contributed by atoms with Gasteiger partial charge in [-0.3, -0.25) is 4.79 Å². The van der Waals surface area contributed by atoms with Crippen LogP contribution in [0.5, 0.6) is 5.75 Å². The van der Waals surface area contributed by atoms with Gasteiger partial charge >= 0.3 is 0 Å². The van der Waals surface area contributed by atoms with Crippen LogP contribution in [0.4, 0.5) is 0 Å². The quantitative estimate of drug-likeness (QED) is 0.751. The van der Waals surface area contributed by atoms with Gasteiger partial charge in [0.2, 0.25) is 0 Å². The molecule has 2 rings (SSSR count). The lowest BCUT2D eigenvalue weighted by Gasteiger charge is -2.21. The molecule has 1 aliphatic rings. The Hall–Kier alpha value is -1.35. The zero-order chi connectivity index (χ0) is 12.1. The zero-order valence-corrected chi connectivity index (χ0v) is 10.1. The van der Waals surface area contributed by atoms with Crippen LogP contribution < -0.4 is 4.74 Å². The lowest BCUT2D eigenvalue weighted by molar-refractivity contribution is 0.0459. The summed E-state index contributed by atoms with van der Waals surface area (Å²) in [5.41, 5.74) is 0.685. The Bertz CT molecular complexity index is 381. The van der Waals surface area contributed by atoms with E-state index in [-0.39, 0.29) is 11.7 Å². The summed E-state index contributed by atoms with van der Waals surface area (Å²) in [5.74, 6) is 0.824. The van der Waals surface area contributed by atoms with Crippen LogP contribution in [-0.2, 0) is 4.74 Å². The number of carbonyl (C=O) groups is 1. The number of ether oxygens (including phenoxy) is 2. The van der Waals surface area contributed by atoms with E-state index in [1.54, 1.807) is 0 Å². The molecule has 1 fully saturated rings. The Balaban J connectivity index is 2.17. The molecule has 1 aromatic rings. The highest BCUT2D eigenvalue weighted by atomic mass is 16.5. The normalized spacial score (nSPS) is 19.9. The number of para-hydroxylation sites is 1. The van der Waals surface area contributed by atoms with Gasteiger partial charge in [-0.15, -0.1) is 0 Å². The SMILES string of the molecule is CCOc1ccccc1C(=O)C1CCCOC1. The molecule has 3 heteroatoms. The molecule has 0 N–H and O–H groups in total. The summed E-state index contributed by atoms with van der Waals surface area (Å²) in [6, 6.07) is 7.45. The fraction of sp³-hybridized carbons (Fsp3) is 0.500. The topological polar surface area (TPSA) is 35.5 Å². The Morgan fingerprint density at radius 2 is 2.29 bits per heavy atom. The number of rotatable bonds is 4. The number of ketones is 1. The number of hydrogen-bond acceptors (Lipinski definition) is 3. The second kappa shape index (κ2) is 5.82. The summed E-state index contributed by atoms with van der Waals surface area (Å²) in [6.07, 6.45) is 1.88. The second-order valence-electron chi connectivity index (χ2n) is 4.21. The van der Waals surface area contributed by atoms with Gasteiger partial charge in [0.15, 0.2) is 5.78 Å². The van der Waals surface area contributed by atoms with Crippen molar-refractivity contribution in [1.82, 2.24) is 0 Å². The highest BCUT2D eigenvalue weighted by Crippen LogP contribution is 2.25. The van der Waals surface area contributed by atoms with Crippen molar-refractivity contribution in [2.75, 3.05) is 19.8 Å². The average molecular weight is 234 g/mol. The lowest BCUT2D eigenvalue weighted by Crippen LogP contribution is -2.25. The van der Waals surface area contributed by atoms with Gasteiger partial charge in [-0.25, -0.2) is 0 Å². The first-order valence-electron chi connectivity index (χ1n) is 6.16. The molecule has 0 bridgehead atoms. The van der Waals surface area contributed by atoms with E-state index < -0.39 is 0 Å². The number of benzene rings is 1. The predicted octanol–water partition coefficient (Wildman–Crippen LogP) is 2.69. The minimum Gasteiger partial charge on any atom is -0.493 e. The standard InChI is InChI=1S/C14H18O3/c1-2-17-13-8-4-3-7-12(13)14(15)11-6-5-9-16-10-11/h3-4,7-8,11H,2,5-6,9-10H2,1H3. The summed E-state index contributed by atoms with van der Waals surface area (Å²) < 4.78 is 10.9. The second-order valence-corrected chi connectivity index (χ2v) is 4.21.